The molecule has 1 N–H and O–H groups in total. The number of hydrogen-bond donors (Lipinski definition) is 1. The maximum Gasteiger partial charge on any atom is 0.309 e. The van der Waals surface area contributed by atoms with Gasteiger partial charge in [0.25, 0.3) is 0 Å². The molecular weight excluding hydrogens is 384 g/mol. The molecule has 4 fully saturated rings. The molecule has 0 saturated heterocycles. The Kier molecular flexibility index (Phi) is 7.43. The molecule has 0 aromatic heterocycles. The number of ether oxygens (including phenoxy) is 1. The summed E-state index contributed by atoms with van der Waals surface area (Å²) in [4.78, 5) is 12.3. The van der Waals surface area contributed by atoms with Crippen molar-refractivity contribution < 1.29 is 14.6 Å². The van der Waals surface area contributed by atoms with Gasteiger partial charge in [0, 0.05) is 5.41 Å². The highest BCUT2D eigenvalue weighted by molar-refractivity contribution is 5.72. The van der Waals surface area contributed by atoms with Crippen LogP contribution in [-0.4, -0.2) is 16.7 Å². The van der Waals surface area contributed by atoms with Gasteiger partial charge in [0.05, 0.1) is 5.92 Å². The molecular formula is C28H44O3. The van der Waals surface area contributed by atoms with Crippen LogP contribution in [0.5, 0.6) is 5.75 Å². The molecule has 4 bridgehead atoms. The highest BCUT2D eigenvalue weighted by Gasteiger charge is 2.58. The second kappa shape index (κ2) is 9.55. The Balaban J connectivity index is 0.000000210. The number of benzene rings is 1. The zero-order chi connectivity index (χ0) is 22.8. The number of rotatable bonds is 6. The smallest absolute Gasteiger partial charge is 0.309 e. The average Bonchev–Trinajstić information content (AvgIpc) is 2.72. The highest BCUT2D eigenvalue weighted by atomic mass is 16.6. The van der Waals surface area contributed by atoms with Crippen molar-refractivity contribution >= 4 is 5.97 Å². The second-order valence-electron chi connectivity index (χ2n) is 11.3. The van der Waals surface area contributed by atoms with Gasteiger partial charge in [-0.3, -0.25) is 4.79 Å². The van der Waals surface area contributed by atoms with E-state index in [1.165, 1.54) is 44.1 Å². The minimum atomic E-state index is -0.288. The lowest BCUT2D eigenvalue weighted by Crippen LogP contribution is -2.57. The molecule has 4 aliphatic carbocycles. The van der Waals surface area contributed by atoms with Gasteiger partial charge in [0.1, 0.15) is 11.4 Å². The Bertz CT molecular complexity index is 698. The van der Waals surface area contributed by atoms with E-state index in [9.17, 15) is 4.79 Å². The monoisotopic (exact) mass is 428 g/mol. The van der Waals surface area contributed by atoms with Gasteiger partial charge in [-0.15, -0.1) is 0 Å². The summed E-state index contributed by atoms with van der Waals surface area (Å²) in [6, 6.07) is 7.43. The number of hydrogen-bond acceptors (Lipinski definition) is 3. The first-order chi connectivity index (χ1) is 14.6. The van der Waals surface area contributed by atoms with E-state index < -0.39 is 0 Å². The van der Waals surface area contributed by atoms with Crippen LogP contribution in [-0.2, 0) is 9.53 Å². The lowest BCUT2D eigenvalue weighted by molar-refractivity contribution is -0.201. The minimum absolute atomic E-state index is 0.00763. The fourth-order valence-electron chi connectivity index (χ4n) is 6.51. The molecule has 3 nitrogen and oxygen atoms in total. The van der Waals surface area contributed by atoms with Crippen LogP contribution in [0.3, 0.4) is 0 Å². The third-order valence-electron chi connectivity index (χ3n) is 8.76. The third-order valence-corrected chi connectivity index (χ3v) is 8.76. The number of aromatic hydroxyl groups is 1. The van der Waals surface area contributed by atoms with Gasteiger partial charge in [0.2, 0.25) is 0 Å². The summed E-state index contributed by atoms with van der Waals surface area (Å²) in [5.41, 5.74) is 1.28. The van der Waals surface area contributed by atoms with E-state index in [4.69, 9.17) is 9.84 Å². The molecule has 3 heteroatoms. The summed E-state index contributed by atoms with van der Waals surface area (Å²) in [7, 11) is 0. The van der Waals surface area contributed by atoms with Crippen molar-refractivity contribution in [3.05, 3.63) is 29.8 Å². The van der Waals surface area contributed by atoms with E-state index >= 15 is 0 Å². The zero-order valence-corrected chi connectivity index (χ0v) is 20.6. The van der Waals surface area contributed by atoms with Gasteiger partial charge in [-0.25, -0.2) is 0 Å². The van der Waals surface area contributed by atoms with E-state index in [2.05, 4.69) is 34.6 Å². The van der Waals surface area contributed by atoms with Crippen molar-refractivity contribution in [1.29, 1.82) is 0 Å². The van der Waals surface area contributed by atoms with Crippen molar-refractivity contribution in [1.82, 2.24) is 0 Å². The largest absolute Gasteiger partial charge is 0.508 e. The van der Waals surface area contributed by atoms with Crippen molar-refractivity contribution in [3.63, 3.8) is 0 Å². The summed E-state index contributed by atoms with van der Waals surface area (Å²) >= 11 is 0. The Morgan fingerprint density at radius 2 is 1.48 bits per heavy atom. The van der Waals surface area contributed by atoms with Crippen molar-refractivity contribution in [2.75, 3.05) is 0 Å². The topological polar surface area (TPSA) is 46.5 Å². The molecule has 0 amide bonds. The predicted octanol–water partition coefficient (Wildman–Crippen LogP) is 7.48. The molecule has 0 radical (unpaired) electrons. The number of phenols is 1. The van der Waals surface area contributed by atoms with Crippen LogP contribution in [0, 0.1) is 29.1 Å². The fraction of sp³-hybridized carbons (Fsp3) is 0.750. The summed E-state index contributed by atoms with van der Waals surface area (Å²) < 4.78 is 6.04. The fourth-order valence-corrected chi connectivity index (χ4v) is 6.51. The molecule has 0 heterocycles. The number of carbonyl (C=O) groups excluding carboxylic acids is 1. The van der Waals surface area contributed by atoms with E-state index in [1.54, 1.807) is 12.1 Å². The zero-order valence-electron chi connectivity index (χ0n) is 20.6. The molecule has 2 unspecified atom stereocenters. The maximum absolute atomic E-state index is 12.3. The van der Waals surface area contributed by atoms with Crippen molar-refractivity contribution in [2.45, 2.75) is 104 Å². The average molecular weight is 429 g/mol. The van der Waals surface area contributed by atoms with Gasteiger partial charge >= 0.3 is 5.97 Å². The van der Waals surface area contributed by atoms with Gasteiger partial charge in [0.15, 0.2) is 0 Å². The van der Waals surface area contributed by atoms with Gasteiger partial charge in [-0.05, 0) is 107 Å². The lowest BCUT2D eigenvalue weighted by Gasteiger charge is -2.61. The maximum atomic E-state index is 12.3. The normalized spacial score (nSPS) is 30.8. The quantitative estimate of drug-likeness (QED) is 0.478. The van der Waals surface area contributed by atoms with E-state index in [0.717, 1.165) is 30.6 Å². The second-order valence-corrected chi connectivity index (χ2v) is 11.3. The summed E-state index contributed by atoms with van der Waals surface area (Å²) in [6.45, 7) is 12.8. The minimum Gasteiger partial charge on any atom is -0.508 e. The number of phenolic OH excluding ortho intramolecular Hbond substituents is 1. The Hall–Kier alpha value is -1.51. The van der Waals surface area contributed by atoms with Crippen LogP contribution in [0.2, 0.25) is 0 Å². The first kappa shape index (κ1) is 24.1. The lowest BCUT2D eigenvalue weighted by atomic mass is 9.46. The molecule has 1 aromatic carbocycles. The molecule has 2 atom stereocenters. The van der Waals surface area contributed by atoms with Crippen LogP contribution in [0.25, 0.3) is 0 Å². The summed E-state index contributed by atoms with van der Waals surface area (Å²) in [5.74, 6) is 3.69. The molecule has 5 rings (SSSR count). The van der Waals surface area contributed by atoms with E-state index in [0.29, 0.717) is 11.7 Å². The van der Waals surface area contributed by atoms with Gasteiger partial charge < -0.3 is 9.84 Å². The summed E-state index contributed by atoms with van der Waals surface area (Å²) in [5, 5.41) is 9.01. The van der Waals surface area contributed by atoms with E-state index in [1.807, 2.05) is 19.1 Å². The molecule has 4 aliphatic rings. The Morgan fingerprint density at radius 1 is 1.00 bits per heavy atom. The van der Waals surface area contributed by atoms with Gasteiger partial charge in [-0.1, -0.05) is 39.8 Å². The van der Waals surface area contributed by atoms with Crippen molar-refractivity contribution in [3.8, 4) is 5.75 Å². The number of esters is 1. The van der Waals surface area contributed by atoms with Crippen LogP contribution >= 0.6 is 0 Å². The molecule has 31 heavy (non-hydrogen) atoms. The number of carbonyl (C=O) groups is 1. The predicted molar refractivity (Wildman–Crippen MR) is 127 cm³/mol. The molecule has 1 aromatic rings. The van der Waals surface area contributed by atoms with Crippen LogP contribution in [0.15, 0.2) is 24.3 Å². The Morgan fingerprint density at radius 3 is 1.90 bits per heavy atom. The van der Waals surface area contributed by atoms with Gasteiger partial charge in [-0.2, -0.15) is 0 Å². The van der Waals surface area contributed by atoms with E-state index in [-0.39, 0.29) is 22.9 Å². The van der Waals surface area contributed by atoms with Crippen LogP contribution in [0.1, 0.15) is 104 Å². The SMILES string of the molecule is CCC(C)C(=O)OC(C)(C)C12CC3CC(CC(C3)C1)C2.CCC(C)c1ccc(O)cc1. The molecule has 174 valence electrons. The highest BCUT2D eigenvalue weighted by Crippen LogP contribution is 2.64. The molecule has 4 saturated carbocycles. The molecule has 0 spiro atoms. The Labute approximate surface area is 190 Å². The van der Waals surface area contributed by atoms with Crippen LogP contribution < -0.4 is 0 Å². The summed E-state index contributed by atoms with van der Waals surface area (Å²) in [6.07, 6.45) is 10.2. The first-order valence-corrected chi connectivity index (χ1v) is 12.6. The van der Waals surface area contributed by atoms with Crippen LogP contribution in [0.4, 0.5) is 0 Å². The third kappa shape index (κ3) is 5.29. The first-order valence-electron chi connectivity index (χ1n) is 12.6. The van der Waals surface area contributed by atoms with Crippen molar-refractivity contribution in [2.24, 2.45) is 29.1 Å². The standard InChI is InChI=1S/C18H30O2.C10H14O/c1-5-12(2)16(19)20-17(3,4)18-9-13-6-14(10-18)8-15(7-13)11-18;1-3-8(2)9-4-6-10(11)7-5-9/h12-15H,5-11H2,1-4H3;4-8,11H,3H2,1-2H3. The molecule has 0 aliphatic heterocycles.